The van der Waals surface area contributed by atoms with E-state index in [-0.39, 0.29) is 17.9 Å². The second kappa shape index (κ2) is 13.3. The maximum atomic E-state index is 12.7. The molecule has 1 saturated heterocycles. The number of rotatable bonds is 7. The van der Waals surface area contributed by atoms with Crippen LogP contribution in [0.2, 0.25) is 5.02 Å². The number of halogens is 1. The molecule has 2 amide bonds. The molecule has 11 heteroatoms. The lowest BCUT2D eigenvalue weighted by atomic mass is 10.1. The third-order valence-corrected chi connectivity index (χ3v) is 7.14. The van der Waals surface area contributed by atoms with Gasteiger partial charge in [-0.3, -0.25) is 9.59 Å². The number of nitrogen functional groups attached to an aromatic ring is 1. The van der Waals surface area contributed by atoms with Gasteiger partial charge < -0.3 is 20.7 Å². The highest BCUT2D eigenvalue weighted by Crippen LogP contribution is 2.34. The first-order valence-electron chi connectivity index (χ1n) is 13.5. The van der Waals surface area contributed by atoms with E-state index in [1.54, 1.807) is 23.1 Å². The first kappa shape index (κ1) is 29.5. The van der Waals surface area contributed by atoms with Gasteiger partial charge >= 0.3 is 0 Å². The van der Waals surface area contributed by atoms with Gasteiger partial charge in [0.15, 0.2) is 5.65 Å². The van der Waals surface area contributed by atoms with Gasteiger partial charge in [0.2, 0.25) is 5.91 Å². The third-order valence-electron chi connectivity index (χ3n) is 6.84. The number of aromatic nitrogens is 4. The van der Waals surface area contributed by atoms with Gasteiger partial charge in [0, 0.05) is 25.2 Å². The summed E-state index contributed by atoms with van der Waals surface area (Å²) in [6.45, 7) is 9.12. The van der Waals surface area contributed by atoms with Crippen molar-refractivity contribution in [2.24, 2.45) is 0 Å². The van der Waals surface area contributed by atoms with Crippen molar-refractivity contribution in [3.8, 4) is 17.0 Å². The number of hydrogen-bond donors (Lipinski definition) is 2. The van der Waals surface area contributed by atoms with Crippen LogP contribution in [0.25, 0.3) is 22.3 Å². The van der Waals surface area contributed by atoms with E-state index in [2.05, 4.69) is 21.9 Å². The van der Waals surface area contributed by atoms with E-state index < -0.39 is 0 Å². The van der Waals surface area contributed by atoms with Crippen molar-refractivity contribution in [2.75, 3.05) is 25.9 Å². The predicted molar refractivity (Wildman–Crippen MR) is 161 cm³/mol. The molecule has 2 aromatic heterocycles. The van der Waals surface area contributed by atoms with Crippen molar-refractivity contribution in [1.29, 1.82) is 0 Å². The quantitative estimate of drug-likeness (QED) is 0.295. The number of nitrogens with one attached hydrogen (secondary N) is 1. The molecule has 3 heterocycles. The average molecular weight is 576 g/mol. The topological polar surface area (TPSA) is 128 Å². The molecule has 1 unspecified atom stereocenters. The molecule has 0 bridgehead atoms. The molecule has 0 radical (unpaired) electrons. The molecule has 1 fully saturated rings. The van der Waals surface area contributed by atoms with Gasteiger partial charge in [0.25, 0.3) is 5.91 Å². The molecule has 0 saturated carbocycles. The Balaban J connectivity index is 0.00000189. The molecule has 4 aromatic rings. The van der Waals surface area contributed by atoms with Gasteiger partial charge in [0.1, 0.15) is 23.6 Å². The number of benzene rings is 2. The van der Waals surface area contributed by atoms with Crippen molar-refractivity contribution < 1.29 is 14.3 Å². The molecule has 1 aliphatic rings. The van der Waals surface area contributed by atoms with E-state index in [1.807, 2.05) is 42.8 Å². The summed E-state index contributed by atoms with van der Waals surface area (Å²) in [5.74, 6) is 0.290. The van der Waals surface area contributed by atoms with E-state index in [0.717, 1.165) is 24.0 Å². The minimum absolute atomic E-state index is 0.0498. The van der Waals surface area contributed by atoms with Gasteiger partial charge in [0.05, 0.1) is 29.1 Å². The second-order valence-corrected chi connectivity index (χ2v) is 9.64. The normalized spacial score (nSPS) is 14.6. The third kappa shape index (κ3) is 6.17. The summed E-state index contributed by atoms with van der Waals surface area (Å²) < 4.78 is 7.14. The van der Waals surface area contributed by atoms with Crippen molar-refractivity contribution in [2.45, 2.75) is 39.3 Å². The van der Waals surface area contributed by atoms with Crippen LogP contribution in [-0.2, 0) is 11.3 Å². The number of piperidine rings is 1. The molecule has 5 rings (SSSR count). The Bertz CT molecular complexity index is 1550. The Labute approximate surface area is 244 Å². The summed E-state index contributed by atoms with van der Waals surface area (Å²) in [6.07, 6.45) is 4.47. The lowest BCUT2D eigenvalue weighted by Gasteiger charge is -2.32. The van der Waals surface area contributed by atoms with E-state index in [1.165, 1.54) is 19.5 Å². The summed E-state index contributed by atoms with van der Waals surface area (Å²) in [7, 11) is 1.48. The molecule has 3 N–H and O–H groups in total. The number of carbonyl (C=O) groups is 2. The van der Waals surface area contributed by atoms with Gasteiger partial charge in [-0.1, -0.05) is 62.4 Å². The van der Waals surface area contributed by atoms with Crippen molar-refractivity contribution in [3.63, 3.8) is 0 Å². The van der Waals surface area contributed by atoms with Crippen LogP contribution in [0.5, 0.6) is 5.75 Å². The summed E-state index contributed by atoms with van der Waals surface area (Å²) in [5, 5.41) is 8.85. The zero-order valence-electron chi connectivity index (χ0n) is 23.4. The molecule has 2 aromatic carbocycles. The smallest absolute Gasteiger partial charge is 0.255 e. The van der Waals surface area contributed by atoms with Crippen LogP contribution < -0.4 is 15.8 Å². The zero-order valence-corrected chi connectivity index (χ0v) is 24.2. The SMILES string of the molecule is C=CC(=O)N1CCCC(n2nc(-c3ccc(CNC(=O)c4cccc(Cl)c4OC)cc3)c3c(N)ncnc32)C1.CC. The largest absolute Gasteiger partial charge is 0.494 e. The lowest BCUT2D eigenvalue weighted by molar-refractivity contribution is -0.127. The van der Waals surface area contributed by atoms with E-state index >= 15 is 0 Å². The number of carbonyl (C=O) groups excluding carboxylic acids is 2. The van der Waals surface area contributed by atoms with Crippen LogP contribution in [0.3, 0.4) is 0 Å². The molecule has 0 spiro atoms. The number of fused-ring (bicyclic) bond motifs is 1. The summed E-state index contributed by atoms with van der Waals surface area (Å²) in [4.78, 5) is 35.4. The Morgan fingerprint density at radius 1 is 1.20 bits per heavy atom. The minimum Gasteiger partial charge on any atom is -0.494 e. The maximum absolute atomic E-state index is 12.7. The van der Waals surface area contributed by atoms with Crippen LogP contribution in [0, 0.1) is 0 Å². The minimum atomic E-state index is -0.287. The molecular weight excluding hydrogens is 542 g/mol. The first-order valence-corrected chi connectivity index (χ1v) is 13.9. The van der Waals surface area contributed by atoms with Gasteiger partial charge in [-0.2, -0.15) is 5.10 Å². The number of amides is 2. The highest BCUT2D eigenvalue weighted by Gasteiger charge is 2.28. The summed E-state index contributed by atoms with van der Waals surface area (Å²) in [5.41, 5.74) is 9.67. The molecule has 214 valence electrons. The Morgan fingerprint density at radius 2 is 1.95 bits per heavy atom. The summed E-state index contributed by atoms with van der Waals surface area (Å²) in [6, 6.07) is 12.7. The van der Waals surface area contributed by atoms with Crippen LogP contribution in [0.4, 0.5) is 5.82 Å². The monoisotopic (exact) mass is 575 g/mol. The van der Waals surface area contributed by atoms with Gasteiger partial charge in [-0.25, -0.2) is 14.6 Å². The molecule has 1 atom stereocenters. The summed E-state index contributed by atoms with van der Waals surface area (Å²) >= 11 is 6.15. The maximum Gasteiger partial charge on any atom is 0.255 e. The van der Waals surface area contributed by atoms with Crippen LogP contribution >= 0.6 is 11.6 Å². The van der Waals surface area contributed by atoms with E-state index in [4.69, 9.17) is 27.2 Å². The van der Waals surface area contributed by atoms with Gasteiger partial charge in [-0.15, -0.1) is 0 Å². The molecular formula is C30H34ClN7O3. The number of hydrogen-bond acceptors (Lipinski definition) is 7. The number of nitrogens with zero attached hydrogens (tertiary/aromatic N) is 5. The average Bonchev–Trinajstić information content (AvgIpc) is 3.41. The van der Waals surface area contributed by atoms with Crippen LogP contribution in [0.1, 0.15) is 48.7 Å². The van der Waals surface area contributed by atoms with Crippen molar-refractivity contribution >= 4 is 40.3 Å². The fraction of sp³-hybridized carbons (Fsp3) is 0.300. The number of anilines is 1. The highest BCUT2D eigenvalue weighted by atomic mass is 35.5. The number of methoxy groups -OCH3 is 1. The molecule has 1 aliphatic heterocycles. The van der Waals surface area contributed by atoms with Crippen molar-refractivity contribution in [1.82, 2.24) is 30.0 Å². The Kier molecular flexibility index (Phi) is 9.57. The van der Waals surface area contributed by atoms with Crippen LogP contribution in [-0.4, -0.2) is 56.7 Å². The fourth-order valence-corrected chi connectivity index (χ4v) is 5.14. The van der Waals surface area contributed by atoms with Crippen LogP contribution in [0.15, 0.2) is 61.4 Å². The standard InChI is InChI=1S/C28H28ClN7O3.C2H6/c1-3-22(37)35-13-5-6-19(15-35)36-27-23(26(30)32-16-33-27)24(34-36)18-11-9-17(10-12-18)14-31-28(38)20-7-4-8-21(29)25(20)39-2;1-2/h3-4,7-12,16,19H,1,5-6,13-15H2,2H3,(H,31,38)(H2,30,32,33);1-2H3. The zero-order chi connectivity index (χ0) is 29.5. The van der Waals surface area contributed by atoms with E-state index in [9.17, 15) is 9.59 Å². The highest BCUT2D eigenvalue weighted by molar-refractivity contribution is 6.32. The number of nitrogens with two attached hydrogens (primary N) is 1. The number of para-hydroxylation sites is 1. The Hall–Kier alpha value is -4.44. The molecule has 0 aliphatic carbocycles. The molecule has 41 heavy (non-hydrogen) atoms. The molecule has 10 nitrogen and oxygen atoms in total. The number of likely N-dealkylation sites (tertiary alicyclic amines) is 1. The lowest BCUT2D eigenvalue weighted by Crippen LogP contribution is -2.40. The fourth-order valence-electron chi connectivity index (χ4n) is 4.89. The Morgan fingerprint density at radius 3 is 2.66 bits per heavy atom. The van der Waals surface area contributed by atoms with Gasteiger partial charge in [-0.05, 0) is 36.6 Å². The second-order valence-electron chi connectivity index (χ2n) is 9.24. The van der Waals surface area contributed by atoms with Crippen molar-refractivity contribution in [3.05, 3.63) is 77.6 Å². The predicted octanol–water partition coefficient (Wildman–Crippen LogP) is 5.04. The number of ether oxygens (including phenoxy) is 1. The first-order chi connectivity index (χ1) is 19.9. The van der Waals surface area contributed by atoms with E-state index in [0.29, 0.717) is 58.5 Å².